The highest BCUT2D eigenvalue weighted by Gasteiger charge is 2.02. The molecule has 94 valence electrons. The van der Waals surface area contributed by atoms with Gasteiger partial charge in [0.2, 0.25) is 5.91 Å². The maximum absolute atomic E-state index is 11.3. The second-order valence-electron chi connectivity index (χ2n) is 4.22. The highest BCUT2D eigenvalue weighted by atomic mass is 16.5. The van der Waals surface area contributed by atoms with Crippen molar-refractivity contribution in [1.29, 1.82) is 0 Å². The van der Waals surface area contributed by atoms with Crippen LogP contribution in [0.5, 0.6) is 5.75 Å². The highest BCUT2D eigenvalue weighted by molar-refractivity contribution is 5.75. The maximum Gasteiger partial charge on any atom is 0.223 e. The van der Waals surface area contributed by atoms with Gasteiger partial charge in [-0.15, -0.1) is 0 Å². The van der Waals surface area contributed by atoms with E-state index in [1.165, 1.54) is 5.56 Å². The minimum Gasteiger partial charge on any atom is -0.493 e. The van der Waals surface area contributed by atoms with Gasteiger partial charge in [-0.3, -0.25) is 4.79 Å². The summed E-state index contributed by atoms with van der Waals surface area (Å²) in [5.74, 6) is 0.913. The van der Waals surface area contributed by atoms with E-state index in [2.05, 4.69) is 18.3 Å². The summed E-state index contributed by atoms with van der Waals surface area (Å²) in [7, 11) is 0. The van der Waals surface area contributed by atoms with Crippen molar-refractivity contribution < 1.29 is 9.53 Å². The molecule has 0 spiro atoms. The summed E-state index contributed by atoms with van der Waals surface area (Å²) in [6.45, 7) is 7.27. The molecule has 17 heavy (non-hydrogen) atoms. The number of amides is 1. The van der Waals surface area contributed by atoms with Gasteiger partial charge in [0.1, 0.15) is 5.75 Å². The van der Waals surface area contributed by atoms with Gasteiger partial charge in [-0.25, -0.2) is 0 Å². The molecular formula is C14H21NO2. The Kier molecular flexibility index (Phi) is 5.53. The molecule has 0 aliphatic rings. The lowest BCUT2D eigenvalue weighted by atomic mass is 10.1. The van der Waals surface area contributed by atoms with Gasteiger partial charge in [0.05, 0.1) is 13.0 Å². The van der Waals surface area contributed by atoms with Crippen molar-refractivity contribution in [2.45, 2.75) is 33.6 Å². The van der Waals surface area contributed by atoms with E-state index < -0.39 is 0 Å². The normalized spacial score (nSPS) is 10.1. The van der Waals surface area contributed by atoms with Gasteiger partial charge < -0.3 is 10.1 Å². The summed E-state index contributed by atoms with van der Waals surface area (Å²) in [4.78, 5) is 11.3. The Morgan fingerprint density at radius 3 is 2.76 bits per heavy atom. The number of nitrogens with one attached hydrogen (secondary N) is 1. The second-order valence-corrected chi connectivity index (χ2v) is 4.22. The highest BCUT2D eigenvalue weighted by Crippen LogP contribution is 2.18. The van der Waals surface area contributed by atoms with Gasteiger partial charge >= 0.3 is 0 Å². The zero-order valence-electron chi connectivity index (χ0n) is 10.9. The molecule has 1 N–H and O–H groups in total. The minimum atomic E-state index is 0.0524. The van der Waals surface area contributed by atoms with Crippen LogP contribution in [0.15, 0.2) is 18.2 Å². The molecule has 0 radical (unpaired) electrons. The van der Waals surface area contributed by atoms with E-state index in [4.69, 9.17) is 4.74 Å². The van der Waals surface area contributed by atoms with Crippen LogP contribution < -0.4 is 10.1 Å². The van der Waals surface area contributed by atoms with Crippen molar-refractivity contribution >= 4 is 5.91 Å². The van der Waals surface area contributed by atoms with Crippen molar-refractivity contribution in [2.24, 2.45) is 0 Å². The van der Waals surface area contributed by atoms with E-state index in [1.54, 1.807) is 0 Å². The number of ether oxygens (including phenoxy) is 1. The second kappa shape index (κ2) is 6.94. The molecule has 0 saturated heterocycles. The third kappa shape index (κ3) is 4.89. The zero-order valence-corrected chi connectivity index (χ0v) is 10.9. The Morgan fingerprint density at radius 1 is 1.35 bits per heavy atom. The fourth-order valence-electron chi connectivity index (χ4n) is 1.57. The minimum absolute atomic E-state index is 0.0524. The predicted molar refractivity (Wildman–Crippen MR) is 69.3 cm³/mol. The molecule has 1 aromatic carbocycles. The molecule has 0 heterocycles. The molecule has 0 unspecified atom stereocenters. The lowest BCUT2D eigenvalue weighted by Crippen LogP contribution is -2.25. The first-order valence-corrected chi connectivity index (χ1v) is 6.10. The molecule has 0 aliphatic carbocycles. The van der Waals surface area contributed by atoms with Crippen molar-refractivity contribution in [3.63, 3.8) is 0 Å². The summed E-state index contributed by atoms with van der Waals surface area (Å²) in [5, 5.41) is 2.82. The molecule has 0 aliphatic heterocycles. The first-order valence-electron chi connectivity index (χ1n) is 6.10. The molecule has 0 saturated carbocycles. The number of rotatable bonds is 6. The molecule has 3 heteroatoms. The first kappa shape index (κ1) is 13.6. The summed E-state index contributed by atoms with van der Waals surface area (Å²) < 4.78 is 5.58. The SMILES string of the molecule is CCCNC(=O)CCOc1ccc(C)cc1C. The van der Waals surface area contributed by atoms with E-state index in [0.29, 0.717) is 13.0 Å². The van der Waals surface area contributed by atoms with E-state index in [0.717, 1.165) is 24.3 Å². The standard InChI is InChI=1S/C14H21NO2/c1-4-8-15-14(16)7-9-17-13-6-5-11(2)10-12(13)3/h5-6,10H,4,7-9H2,1-3H3,(H,15,16). The van der Waals surface area contributed by atoms with Gasteiger partial charge in [0.15, 0.2) is 0 Å². The molecule has 1 rings (SSSR count). The van der Waals surface area contributed by atoms with Gasteiger partial charge in [-0.05, 0) is 31.9 Å². The monoisotopic (exact) mass is 235 g/mol. The molecule has 1 aromatic rings. The van der Waals surface area contributed by atoms with Crippen LogP contribution in [0.4, 0.5) is 0 Å². The first-order chi connectivity index (χ1) is 8.13. The van der Waals surface area contributed by atoms with Crippen LogP contribution in [0.2, 0.25) is 0 Å². The van der Waals surface area contributed by atoms with Crippen LogP contribution in [0, 0.1) is 13.8 Å². The average Bonchev–Trinajstić information content (AvgIpc) is 2.29. The van der Waals surface area contributed by atoms with E-state index in [9.17, 15) is 4.79 Å². The number of aryl methyl sites for hydroxylation is 2. The fourth-order valence-corrected chi connectivity index (χ4v) is 1.57. The lowest BCUT2D eigenvalue weighted by Gasteiger charge is -2.09. The topological polar surface area (TPSA) is 38.3 Å². The van der Waals surface area contributed by atoms with Crippen LogP contribution in [0.1, 0.15) is 30.9 Å². The van der Waals surface area contributed by atoms with Gasteiger partial charge in [0.25, 0.3) is 0 Å². The third-order valence-electron chi connectivity index (χ3n) is 2.49. The average molecular weight is 235 g/mol. The predicted octanol–water partition coefficient (Wildman–Crippen LogP) is 2.60. The summed E-state index contributed by atoms with van der Waals surface area (Å²) >= 11 is 0. The van der Waals surface area contributed by atoms with Crippen LogP contribution >= 0.6 is 0 Å². The van der Waals surface area contributed by atoms with E-state index >= 15 is 0 Å². The maximum atomic E-state index is 11.3. The number of hydrogen-bond donors (Lipinski definition) is 1. The zero-order chi connectivity index (χ0) is 12.7. The van der Waals surface area contributed by atoms with Crippen LogP contribution in [-0.4, -0.2) is 19.1 Å². The van der Waals surface area contributed by atoms with Crippen molar-refractivity contribution in [2.75, 3.05) is 13.2 Å². The number of carbonyl (C=O) groups excluding carboxylic acids is 1. The van der Waals surface area contributed by atoms with Gasteiger partial charge in [0, 0.05) is 6.54 Å². The van der Waals surface area contributed by atoms with Crippen LogP contribution in [-0.2, 0) is 4.79 Å². The van der Waals surface area contributed by atoms with Crippen molar-refractivity contribution in [3.8, 4) is 5.75 Å². The van der Waals surface area contributed by atoms with Crippen molar-refractivity contribution in [3.05, 3.63) is 29.3 Å². The Labute approximate surface area is 103 Å². The van der Waals surface area contributed by atoms with Crippen LogP contribution in [0.3, 0.4) is 0 Å². The number of carbonyl (C=O) groups is 1. The molecule has 0 aromatic heterocycles. The molecular weight excluding hydrogens is 214 g/mol. The Morgan fingerprint density at radius 2 is 2.12 bits per heavy atom. The quantitative estimate of drug-likeness (QED) is 0.823. The Hall–Kier alpha value is -1.51. The Bertz CT molecular complexity index is 374. The molecule has 1 amide bonds. The molecule has 0 fully saturated rings. The number of hydrogen-bond acceptors (Lipinski definition) is 2. The van der Waals surface area contributed by atoms with Crippen molar-refractivity contribution in [1.82, 2.24) is 5.32 Å². The van der Waals surface area contributed by atoms with Gasteiger partial charge in [-0.2, -0.15) is 0 Å². The summed E-state index contributed by atoms with van der Waals surface area (Å²) in [5.41, 5.74) is 2.33. The summed E-state index contributed by atoms with van der Waals surface area (Å²) in [6, 6.07) is 6.04. The Balaban J connectivity index is 2.33. The molecule has 0 atom stereocenters. The van der Waals surface area contributed by atoms with E-state index in [-0.39, 0.29) is 5.91 Å². The fraction of sp³-hybridized carbons (Fsp3) is 0.500. The smallest absolute Gasteiger partial charge is 0.223 e. The molecule has 3 nitrogen and oxygen atoms in total. The van der Waals surface area contributed by atoms with Gasteiger partial charge in [-0.1, -0.05) is 24.6 Å². The van der Waals surface area contributed by atoms with E-state index in [1.807, 2.05) is 26.0 Å². The summed E-state index contributed by atoms with van der Waals surface area (Å²) in [6.07, 6.45) is 1.37. The largest absolute Gasteiger partial charge is 0.493 e. The van der Waals surface area contributed by atoms with Crippen LogP contribution in [0.25, 0.3) is 0 Å². The lowest BCUT2D eigenvalue weighted by molar-refractivity contribution is -0.121. The molecule has 0 bridgehead atoms. The third-order valence-corrected chi connectivity index (χ3v) is 2.49. The number of benzene rings is 1.